The molecule has 2 heterocycles. The summed E-state index contributed by atoms with van der Waals surface area (Å²) in [7, 11) is 0. The van der Waals surface area contributed by atoms with Crippen LogP contribution in [-0.2, 0) is 4.79 Å². The largest absolute Gasteiger partial charge is 0.475 e. The summed E-state index contributed by atoms with van der Waals surface area (Å²) < 4.78 is 19.3. The van der Waals surface area contributed by atoms with E-state index in [0.29, 0.717) is 36.1 Å². The molecule has 3 aromatic rings. The van der Waals surface area contributed by atoms with Gasteiger partial charge in [0.2, 0.25) is 5.91 Å². The number of para-hydroxylation sites is 2. The molecule has 7 heteroatoms. The third-order valence-corrected chi connectivity index (χ3v) is 5.50. The fraction of sp³-hybridized carbons (Fsp3) is 0.375. The number of piperidine rings is 1. The summed E-state index contributed by atoms with van der Waals surface area (Å²) in [6.07, 6.45) is 2.52. The fourth-order valence-electron chi connectivity index (χ4n) is 3.86. The number of carbonyl (C=O) groups is 1. The molecule has 4 rings (SSSR count). The number of nitrogens with zero attached hydrogens (tertiary/aromatic N) is 3. The standard InChI is InChI=1S/C24H27FN4O2/c1-3-13-31-24-22(26-20-8-4-5-9-21(20)28-24)29-12-6-7-17(15-29)23(30)27-19-11-10-18(25)14-16(19)2/h4-5,8-11,14,17H,3,6-7,12-13,15H2,1-2H3,(H,27,30). The van der Waals surface area contributed by atoms with Crippen LogP contribution in [0.3, 0.4) is 0 Å². The van der Waals surface area contributed by atoms with Crippen LogP contribution in [0, 0.1) is 18.7 Å². The van der Waals surface area contributed by atoms with Crippen molar-refractivity contribution < 1.29 is 13.9 Å². The zero-order chi connectivity index (χ0) is 21.8. The molecule has 6 nitrogen and oxygen atoms in total. The molecule has 162 valence electrons. The molecular formula is C24H27FN4O2. The van der Waals surface area contributed by atoms with Crippen molar-refractivity contribution in [2.24, 2.45) is 5.92 Å². The normalized spacial score (nSPS) is 16.4. The van der Waals surface area contributed by atoms with Crippen LogP contribution < -0.4 is 15.0 Å². The molecule has 0 aliphatic carbocycles. The number of amides is 1. The van der Waals surface area contributed by atoms with E-state index < -0.39 is 0 Å². The van der Waals surface area contributed by atoms with Gasteiger partial charge >= 0.3 is 0 Å². The lowest BCUT2D eigenvalue weighted by Gasteiger charge is -2.33. The highest BCUT2D eigenvalue weighted by Gasteiger charge is 2.29. The highest BCUT2D eigenvalue weighted by atomic mass is 19.1. The zero-order valence-electron chi connectivity index (χ0n) is 17.9. The van der Waals surface area contributed by atoms with Crippen molar-refractivity contribution in [3.05, 3.63) is 53.8 Å². The van der Waals surface area contributed by atoms with Crippen molar-refractivity contribution in [1.82, 2.24) is 9.97 Å². The molecule has 31 heavy (non-hydrogen) atoms. The minimum absolute atomic E-state index is 0.0656. The summed E-state index contributed by atoms with van der Waals surface area (Å²) in [5.74, 6) is 0.613. The van der Waals surface area contributed by atoms with Crippen LogP contribution in [0.15, 0.2) is 42.5 Å². The number of rotatable bonds is 6. The molecule has 0 spiro atoms. The third-order valence-electron chi connectivity index (χ3n) is 5.50. The third kappa shape index (κ3) is 4.76. The number of hydrogen-bond acceptors (Lipinski definition) is 5. The van der Waals surface area contributed by atoms with E-state index in [1.807, 2.05) is 31.2 Å². The van der Waals surface area contributed by atoms with E-state index in [1.165, 1.54) is 12.1 Å². The van der Waals surface area contributed by atoms with Gasteiger partial charge in [0.15, 0.2) is 5.82 Å². The van der Waals surface area contributed by atoms with E-state index >= 15 is 0 Å². The number of fused-ring (bicyclic) bond motifs is 1. The second kappa shape index (κ2) is 9.29. The van der Waals surface area contributed by atoms with Gasteiger partial charge in [-0.2, -0.15) is 0 Å². The first-order chi connectivity index (χ1) is 15.0. The molecule has 1 N–H and O–H groups in total. The lowest BCUT2D eigenvalue weighted by molar-refractivity contribution is -0.120. The summed E-state index contributed by atoms with van der Waals surface area (Å²) in [6.45, 7) is 5.71. The van der Waals surface area contributed by atoms with Crippen LogP contribution in [0.1, 0.15) is 31.7 Å². The highest BCUT2D eigenvalue weighted by Crippen LogP contribution is 2.31. The maximum atomic E-state index is 13.4. The Morgan fingerprint density at radius 3 is 2.74 bits per heavy atom. The summed E-state index contributed by atoms with van der Waals surface area (Å²) in [5.41, 5.74) is 2.93. The number of hydrogen-bond donors (Lipinski definition) is 1. The molecular weight excluding hydrogens is 395 g/mol. The van der Waals surface area contributed by atoms with Crippen LogP contribution >= 0.6 is 0 Å². The molecule has 1 amide bonds. The second-order valence-electron chi connectivity index (χ2n) is 7.92. The molecule has 0 bridgehead atoms. The molecule has 1 aromatic heterocycles. The van der Waals surface area contributed by atoms with Crippen LogP contribution in [0.4, 0.5) is 15.9 Å². The molecule has 1 unspecified atom stereocenters. The van der Waals surface area contributed by atoms with Crippen molar-refractivity contribution in [3.63, 3.8) is 0 Å². The van der Waals surface area contributed by atoms with Gasteiger partial charge in [0.25, 0.3) is 5.88 Å². The molecule has 1 fully saturated rings. The number of anilines is 2. The van der Waals surface area contributed by atoms with Gasteiger partial charge in [-0.3, -0.25) is 4.79 Å². The first-order valence-corrected chi connectivity index (χ1v) is 10.8. The van der Waals surface area contributed by atoms with Crippen LogP contribution in [0.5, 0.6) is 5.88 Å². The van der Waals surface area contributed by atoms with Gasteiger partial charge in [0, 0.05) is 18.8 Å². The van der Waals surface area contributed by atoms with Gasteiger partial charge in [-0.25, -0.2) is 14.4 Å². The molecule has 1 atom stereocenters. The Hall–Kier alpha value is -3.22. The Morgan fingerprint density at radius 2 is 2.00 bits per heavy atom. The predicted molar refractivity (Wildman–Crippen MR) is 120 cm³/mol. The molecule has 1 aliphatic rings. The Morgan fingerprint density at radius 1 is 1.23 bits per heavy atom. The van der Waals surface area contributed by atoms with E-state index in [-0.39, 0.29) is 17.6 Å². The highest BCUT2D eigenvalue weighted by molar-refractivity contribution is 5.93. The Labute approximate surface area is 181 Å². The summed E-state index contributed by atoms with van der Waals surface area (Å²) in [5, 5.41) is 2.96. The lowest BCUT2D eigenvalue weighted by atomic mass is 9.97. The predicted octanol–water partition coefficient (Wildman–Crippen LogP) is 4.72. The maximum Gasteiger partial charge on any atom is 0.258 e. The van der Waals surface area contributed by atoms with Crippen molar-refractivity contribution >= 4 is 28.4 Å². The number of aryl methyl sites for hydroxylation is 1. The smallest absolute Gasteiger partial charge is 0.258 e. The van der Waals surface area contributed by atoms with E-state index in [9.17, 15) is 9.18 Å². The zero-order valence-corrected chi connectivity index (χ0v) is 17.9. The van der Waals surface area contributed by atoms with Crippen LogP contribution in [-0.4, -0.2) is 35.6 Å². The Bertz CT molecular complexity index is 1090. The molecule has 0 radical (unpaired) electrons. The van der Waals surface area contributed by atoms with Gasteiger partial charge in [0.05, 0.1) is 23.6 Å². The van der Waals surface area contributed by atoms with Gasteiger partial charge in [-0.1, -0.05) is 19.1 Å². The fourth-order valence-corrected chi connectivity index (χ4v) is 3.86. The quantitative estimate of drug-likeness (QED) is 0.623. The van der Waals surface area contributed by atoms with Gasteiger partial charge in [0.1, 0.15) is 5.82 Å². The lowest BCUT2D eigenvalue weighted by Crippen LogP contribution is -2.41. The van der Waals surface area contributed by atoms with Crippen molar-refractivity contribution in [2.45, 2.75) is 33.1 Å². The Kier molecular flexibility index (Phi) is 6.30. The van der Waals surface area contributed by atoms with E-state index in [1.54, 1.807) is 13.0 Å². The van der Waals surface area contributed by atoms with E-state index in [4.69, 9.17) is 9.72 Å². The van der Waals surface area contributed by atoms with Crippen molar-refractivity contribution in [2.75, 3.05) is 29.9 Å². The second-order valence-corrected chi connectivity index (χ2v) is 7.92. The van der Waals surface area contributed by atoms with E-state index in [0.717, 1.165) is 36.8 Å². The first-order valence-electron chi connectivity index (χ1n) is 10.8. The monoisotopic (exact) mass is 422 g/mol. The maximum absolute atomic E-state index is 13.4. The van der Waals surface area contributed by atoms with Crippen molar-refractivity contribution in [1.29, 1.82) is 0 Å². The van der Waals surface area contributed by atoms with Gasteiger partial charge < -0.3 is 15.0 Å². The number of carbonyl (C=O) groups excluding carboxylic acids is 1. The minimum Gasteiger partial charge on any atom is -0.475 e. The number of halogens is 1. The van der Waals surface area contributed by atoms with Crippen molar-refractivity contribution in [3.8, 4) is 5.88 Å². The number of aromatic nitrogens is 2. The minimum atomic E-state index is -0.311. The summed E-state index contributed by atoms with van der Waals surface area (Å²) in [6, 6.07) is 12.1. The number of nitrogens with one attached hydrogen (secondary N) is 1. The topological polar surface area (TPSA) is 67.4 Å². The molecule has 0 saturated carbocycles. The summed E-state index contributed by atoms with van der Waals surface area (Å²) >= 11 is 0. The number of ether oxygens (including phenoxy) is 1. The first kappa shape index (κ1) is 21.0. The van der Waals surface area contributed by atoms with Gasteiger partial charge in [-0.15, -0.1) is 0 Å². The van der Waals surface area contributed by atoms with Gasteiger partial charge in [-0.05, 0) is 62.1 Å². The number of benzene rings is 2. The average molecular weight is 423 g/mol. The molecule has 1 aliphatic heterocycles. The Balaban J connectivity index is 1.56. The summed E-state index contributed by atoms with van der Waals surface area (Å²) in [4.78, 5) is 24.5. The molecule has 1 saturated heterocycles. The van der Waals surface area contributed by atoms with Crippen LogP contribution in [0.2, 0.25) is 0 Å². The molecule has 2 aromatic carbocycles. The average Bonchev–Trinajstić information content (AvgIpc) is 2.79. The SMILES string of the molecule is CCCOc1nc2ccccc2nc1N1CCCC(C(=O)Nc2ccc(F)cc2C)C1. The van der Waals surface area contributed by atoms with E-state index in [2.05, 4.69) is 15.2 Å². The van der Waals surface area contributed by atoms with Crippen LogP contribution in [0.25, 0.3) is 11.0 Å².